The Hall–Kier alpha value is 0.611. The SMILES string of the molecule is C[Si]1(C)CCO[Si](C)(C)[SiH2]1. The standard InChI is InChI=1S/C6H18OSi3/c1-9(2)6-5-7-10(3,4)8-9/h5-6,8H2,1-4H3. The van der Waals surface area contributed by atoms with Gasteiger partial charge in [-0.05, 0) is 19.1 Å². The maximum absolute atomic E-state index is 5.84. The summed E-state index contributed by atoms with van der Waals surface area (Å²) in [5.74, 6) is 0. The molecule has 0 aromatic carbocycles. The molecular formula is C6H18OSi3. The average molecular weight is 190 g/mol. The van der Waals surface area contributed by atoms with Crippen molar-refractivity contribution >= 4 is 24.0 Å². The number of hydrogen-bond donors (Lipinski definition) is 0. The van der Waals surface area contributed by atoms with Crippen LogP contribution in [0.15, 0.2) is 0 Å². The van der Waals surface area contributed by atoms with Crippen molar-refractivity contribution in [1.29, 1.82) is 0 Å². The van der Waals surface area contributed by atoms with Gasteiger partial charge in [-0.25, -0.2) is 0 Å². The predicted molar refractivity (Wildman–Crippen MR) is 54.3 cm³/mol. The topological polar surface area (TPSA) is 9.23 Å². The van der Waals surface area contributed by atoms with E-state index in [0.29, 0.717) is 0 Å². The smallest absolute Gasteiger partial charge is 0.164 e. The van der Waals surface area contributed by atoms with E-state index in [4.69, 9.17) is 4.43 Å². The summed E-state index contributed by atoms with van der Waals surface area (Å²) in [7, 11) is -1.46. The van der Waals surface area contributed by atoms with Gasteiger partial charge in [0.25, 0.3) is 0 Å². The zero-order chi connectivity index (χ0) is 7.83. The number of hydrogen-bond acceptors (Lipinski definition) is 1. The summed E-state index contributed by atoms with van der Waals surface area (Å²) in [5.41, 5.74) is 0. The van der Waals surface area contributed by atoms with Gasteiger partial charge in [-0.3, -0.25) is 0 Å². The first-order chi connectivity index (χ1) is 4.41. The molecule has 60 valence electrons. The molecule has 4 heteroatoms. The van der Waals surface area contributed by atoms with E-state index in [0.717, 1.165) is 6.61 Å². The normalized spacial score (nSPS) is 32.4. The molecule has 0 aromatic rings. The molecule has 0 bridgehead atoms. The Balaban J connectivity index is 2.56. The Kier molecular flexibility index (Phi) is 2.25. The minimum atomic E-state index is -1.03. The molecule has 1 fully saturated rings. The van der Waals surface area contributed by atoms with Crippen LogP contribution in [0.5, 0.6) is 0 Å². The second-order valence-corrected chi connectivity index (χ2v) is 28.8. The van der Waals surface area contributed by atoms with Crippen LogP contribution in [0.1, 0.15) is 0 Å². The van der Waals surface area contributed by atoms with Crippen molar-refractivity contribution in [3.8, 4) is 0 Å². The maximum Gasteiger partial charge on any atom is 0.164 e. The monoisotopic (exact) mass is 190 g/mol. The van der Waals surface area contributed by atoms with Crippen molar-refractivity contribution in [2.24, 2.45) is 0 Å². The fraction of sp³-hybridized carbons (Fsp3) is 1.00. The first-order valence-corrected chi connectivity index (χ1v) is 14.8. The van der Waals surface area contributed by atoms with Gasteiger partial charge < -0.3 is 4.43 Å². The summed E-state index contributed by atoms with van der Waals surface area (Å²) in [6, 6.07) is 1.44. The quantitative estimate of drug-likeness (QED) is 0.520. The lowest BCUT2D eigenvalue weighted by Crippen LogP contribution is -2.57. The Bertz CT molecular complexity index is 119. The lowest BCUT2D eigenvalue weighted by atomic mass is 10.9. The summed E-state index contributed by atoms with van der Waals surface area (Å²) >= 11 is 0. The molecule has 1 aliphatic heterocycles. The largest absolute Gasteiger partial charge is 0.421 e. The number of rotatable bonds is 0. The van der Waals surface area contributed by atoms with Crippen LogP contribution in [-0.4, -0.2) is 30.6 Å². The summed E-state index contributed by atoms with van der Waals surface area (Å²) in [5, 5.41) is 0. The van der Waals surface area contributed by atoms with Crippen LogP contribution >= 0.6 is 0 Å². The van der Waals surface area contributed by atoms with E-state index < -0.39 is 15.4 Å². The third-order valence-electron chi connectivity index (χ3n) is 2.18. The van der Waals surface area contributed by atoms with E-state index in [1.54, 1.807) is 0 Å². The molecule has 0 N–H and O–H groups in total. The van der Waals surface area contributed by atoms with Gasteiger partial charge in [0, 0.05) is 22.8 Å². The van der Waals surface area contributed by atoms with Gasteiger partial charge in [0.1, 0.15) is 0 Å². The Morgan fingerprint density at radius 2 is 1.80 bits per heavy atom. The van der Waals surface area contributed by atoms with E-state index in [-0.39, 0.29) is 8.55 Å². The molecule has 1 heterocycles. The van der Waals surface area contributed by atoms with Crippen molar-refractivity contribution in [2.45, 2.75) is 32.2 Å². The van der Waals surface area contributed by atoms with Crippen LogP contribution in [-0.2, 0) is 4.43 Å². The van der Waals surface area contributed by atoms with Crippen LogP contribution in [0.2, 0.25) is 32.2 Å². The molecule has 0 aliphatic carbocycles. The zero-order valence-corrected chi connectivity index (χ0v) is 10.9. The van der Waals surface area contributed by atoms with Crippen molar-refractivity contribution in [2.75, 3.05) is 6.61 Å². The van der Waals surface area contributed by atoms with Crippen LogP contribution in [0.25, 0.3) is 0 Å². The third kappa shape index (κ3) is 2.34. The molecular weight excluding hydrogens is 172 g/mol. The van der Waals surface area contributed by atoms with E-state index in [2.05, 4.69) is 26.2 Å². The molecule has 1 nitrogen and oxygen atoms in total. The first kappa shape index (κ1) is 8.70. The fourth-order valence-corrected chi connectivity index (χ4v) is 37.9. The van der Waals surface area contributed by atoms with E-state index in [1.165, 1.54) is 6.04 Å². The summed E-state index contributed by atoms with van der Waals surface area (Å²) < 4.78 is 5.84. The molecule has 1 rings (SSSR count). The lowest BCUT2D eigenvalue weighted by molar-refractivity contribution is 0.338. The summed E-state index contributed by atoms with van der Waals surface area (Å²) in [6.07, 6.45) is 0. The third-order valence-corrected chi connectivity index (χ3v) is 29.9. The highest BCUT2D eigenvalue weighted by Crippen LogP contribution is 2.20. The molecule has 0 spiro atoms. The van der Waals surface area contributed by atoms with Crippen LogP contribution in [0, 0.1) is 0 Å². The van der Waals surface area contributed by atoms with Crippen LogP contribution in [0.4, 0.5) is 0 Å². The van der Waals surface area contributed by atoms with Crippen molar-refractivity contribution in [3.63, 3.8) is 0 Å². The summed E-state index contributed by atoms with van der Waals surface area (Å²) in [6.45, 7) is 11.0. The Morgan fingerprint density at radius 3 is 2.10 bits per heavy atom. The van der Waals surface area contributed by atoms with Gasteiger partial charge in [-0.1, -0.05) is 13.1 Å². The second-order valence-electron chi connectivity index (χ2n) is 4.70. The molecule has 1 saturated heterocycles. The Labute approximate surface area is 67.7 Å². The van der Waals surface area contributed by atoms with Gasteiger partial charge in [-0.15, -0.1) is 0 Å². The van der Waals surface area contributed by atoms with Crippen LogP contribution in [0.3, 0.4) is 0 Å². The lowest BCUT2D eigenvalue weighted by Gasteiger charge is -2.37. The van der Waals surface area contributed by atoms with Crippen molar-refractivity contribution < 1.29 is 4.43 Å². The highest BCUT2D eigenvalue weighted by atomic mass is 29.6. The second kappa shape index (κ2) is 2.58. The maximum atomic E-state index is 5.84. The van der Waals surface area contributed by atoms with Gasteiger partial charge in [0.05, 0.1) is 0 Å². The zero-order valence-electron chi connectivity index (χ0n) is 7.53. The van der Waals surface area contributed by atoms with Crippen molar-refractivity contribution in [1.82, 2.24) is 0 Å². The van der Waals surface area contributed by atoms with Gasteiger partial charge in [0.2, 0.25) is 0 Å². The minimum Gasteiger partial charge on any atom is -0.421 e. The molecule has 0 unspecified atom stereocenters. The fourth-order valence-electron chi connectivity index (χ4n) is 1.90. The molecule has 0 aromatic heterocycles. The van der Waals surface area contributed by atoms with E-state index >= 15 is 0 Å². The molecule has 0 saturated carbocycles. The van der Waals surface area contributed by atoms with Gasteiger partial charge >= 0.3 is 0 Å². The molecule has 0 atom stereocenters. The Morgan fingerprint density at radius 1 is 1.20 bits per heavy atom. The van der Waals surface area contributed by atoms with E-state index in [9.17, 15) is 0 Å². The van der Waals surface area contributed by atoms with E-state index in [1.807, 2.05) is 0 Å². The highest BCUT2D eigenvalue weighted by molar-refractivity contribution is 7.51. The first-order valence-electron chi connectivity index (χ1n) is 4.05. The molecule has 0 amide bonds. The predicted octanol–water partition coefficient (Wildman–Crippen LogP) is 1.09. The minimum absolute atomic E-state index is 0.220. The van der Waals surface area contributed by atoms with Gasteiger partial charge in [0.15, 0.2) is 7.83 Å². The molecule has 10 heavy (non-hydrogen) atoms. The van der Waals surface area contributed by atoms with Crippen LogP contribution < -0.4 is 0 Å². The summed E-state index contributed by atoms with van der Waals surface area (Å²) in [4.78, 5) is 0. The van der Waals surface area contributed by atoms with Crippen molar-refractivity contribution in [3.05, 3.63) is 0 Å². The molecule has 1 aliphatic rings. The highest BCUT2D eigenvalue weighted by Gasteiger charge is 2.37. The molecule has 0 radical (unpaired) electrons. The average Bonchev–Trinajstić information content (AvgIpc) is 1.56. The van der Waals surface area contributed by atoms with Gasteiger partial charge in [-0.2, -0.15) is 0 Å².